The van der Waals surface area contributed by atoms with Crippen LogP contribution >= 0.6 is 11.6 Å². The van der Waals surface area contributed by atoms with E-state index in [9.17, 15) is 0 Å². The van der Waals surface area contributed by atoms with Gasteiger partial charge in [-0.25, -0.2) is 0 Å². The summed E-state index contributed by atoms with van der Waals surface area (Å²) in [4.78, 5) is 0. The Morgan fingerprint density at radius 2 is 2.05 bits per heavy atom. The van der Waals surface area contributed by atoms with E-state index >= 15 is 0 Å². The van der Waals surface area contributed by atoms with Crippen LogP contribution in [0, 0.1) is 0 Å². The van der Waals surface area contributed by atoms with Crippen LogP contribution in [0.3, 0.4) is 0 Å². The highest BCUT2D eigenvalue weighted by Crippen LogP contribution is 2.21. The Morgan fingerprint density at radius 3 is 2.68 bits per heavy atom. The zero-order valence-corrected chi connectivity index (χ0v) is 13.1. The number of nitrogens with one attached hydrogen (secondary N) is 1. The molecule has 0 saturated heterocycles. The number of unbranched alkanes of at least 4 members (excludes halogenated alkanes) is 2. The average Bonchev–Trinajstić information content (AvgIpc) is 2.74. The quantitative estimate of drug-likeness (QED) is 0.672. The molecule has 1 aromatic heterocycles. The van der Waals surface area contributed by atoms with Gasteiger partial charge in [-0.2, -0.15) is 5.10 Å². The SMILES string of the molecule is CCc1nn(CC)c(CNCCCCCOC)c1Cl. The molecule has 0 saturated carbocycles. The summed E-state index contributed by atoms with van der Waals surface area (Å²) < 4.78 is 7.03. The molecular weight excluding hydrogens is 262 g/mol. The molecule has 0 radical (unpaired) electrons. The molecule has 5 heteroatoms. The molecule has 0 amide bonds. The van der Waals surface area contributed by atoms with Gasteiger partial charge in [-0.3, -0.25) is 4.68 Å². The number of ether oxygens (including phenoxy) is 1. The minimum absolute atomic E-state index is 0.796. The summed E-state index contributed by atoms with van der Waals surface area (Å²) in [5, 5.41) is 8.79. The maximum atomic E-state index is 6.35. The lowest BCUT2D eigenvalue weighted by Gasteiger charge is -2.07. The van der Waals surface area contributed by atoms with Crippen LogP contribution in [0.1, 0.15) is 44.5 Å². The molecule has 0 unspecified atom stereocenters. The topological polar surface area (TPSA) is 39.1 Å². The first-order valence-electron chi connectivity index (χ1n) is 7.18. The van der Waals surface area contributed by atoms with Crippen LogP contribution in [0.2, 0.25) is 5.02 Å². The van der Waals surface area contributed by atoms with Crippen LogP contribution < -0.4 is 5.32 Å². The maximum absolute atomic E-state index is 6.35. The predicted molar refractivity (Wildman–Crippen MR) is 79.7 cm³/mol. The first kappa shape index (κ1) is 16.5. The van der Waals surface area contributed by atoms with Gasteiger partial charge in [-0.05, 0) is 39.2 Å². The first-order valence-corrected chi connectivity index (χ1v) is 7.56. The van der Waals surface area contributed by atoms with Crippen LogP contribution in [-0.2, 0) is 24.2 Å². The molecule has 0 aromatic carbocycles. The fourth-order valence-electron chi connectivity index (χ4n) is 2.07. The number of rotatable bonds is 10. The van der Waals surface area contributed by atoms with Crippen molar-refractivity contribution >= 4 is 11.6 Å². The van der Waals surface area contributed by atoms with E-state index in [1.165, 1.54) is 12.8 Å². The lowest BCUT2D eigenvalue weighted by molar-refractivity contribution is 0.192. The molecule has 110 valence electrons. The van der Waals surface area contributed by atoms with Crippen LogP contribution in [0.5, 0.6) is 0 Å². The van der Waals surface area contributed by atoms with Crippen LogP contribution in [0.25, 0.3) is 0 Å². The third-order valence-electron chi connectivity index (χ3n) is 3.19. The zero-order chi connectivity index (χ0) is 14.1. The van der Waals surface area contributed by atoms with Crippen LogP contribution in [-0.4, -0.2) is 30.0 Å². The number of aryl methyl sites for hydroxylation is 2. The molecule has 0 aliphatic rings. The van der Waals surface area contributed by atoms with Crippen molar-refractivity contribution in [1.82, 2.24) is 15.1 Å². The number of aromatic nitrogens is 2. The van der Waals surface area contributed by atoms with Crippen molar-refractivity contribution in [1.29, 1.82) is 0 Å². The van der Waals surface area contributed by atoms with Gasteiger partial charge in [0, 0.05) is 26.8 Å². The van der Waals surface area contributed by atoms with Crippen molar-refractivity contribution in [2.75, 3.05) is 20.3 Å². The molecule has 1 N–H and O–H groups in total. The Balaban J connectivity index is 2.34. The largest absolute Gasteiger partial charge is 0.385 e. The molecule has 0 spiro atoms. The Bertz CT molecular complexity index is 366. The van der Waals surface area contributed by atoms with Crippen molar-refractivity contribution in [3.8, 4) is 0 Å². The summed E-state index contributed by atoms with van der Waals surface area (Å²) in [6.07, 6.45) is 4.38. The van der Waals surface area contributed by atoms with Gasteiger partial charge in [0.15, 0.2) is 0 Å². The van der Waals surface area contributed by atoms with E-state index in [1.807, 2.05) is 4.68 Å². The Morgan fingerprint density at radius 1 is 1.26 bits per heavy atom. The van der Waals surface area contributed by atoms with E-state index < -0.39 is 0 Å². The summed E-state index contributed by atoms with van der Waals surface area (Å²) in [6.45, 7) is 7.71. The molecule has 0 atom stereocenters. The lowest BCUT2D eigenvalue weighted by atomic mass is 10.2. The number of nitrogens with zero attached hydrogens (tertiary/aromatic N) is 2. The number of halogens is 1. The molecule has 0 aliphatic carbocycles. The van der Waals surface area contributed by atoms with Gasteiger partial charge in [-0.1, -0.05) is 18.5 Å². The second-order valence-corrected chi connectivity index (χ2v) is 4.98. The van der Waals surface area contributed by atoms with Gasteiger partial charge < -0.3 is 10.1 Å². The van der Waals surface area contributed by atoms with Gasteiger partial charge >= 0.3 is 0 Å². The maximum Gasteiger partial charge on any atom is 0.0863 e. The first-order chi connectivity index (χ1) is 9.24. The van der Waals surface area contributed by atoms with Crippen molar-refractivity contribution in [3.05, 3.63) is 16.4 Å². The van der Waals surface area contributed by atoms with Gasteiger partial charge in [0.1, 0.15) is 0 Å². The minimum Gasteiger partial charge on any atom is -0.385 e. The number of hydrogen-bond acceptors (Lipinski definition) is 3. The van der Waals surface area contributed by atoms with Crippen molar-refractivity contribution < 1.29 is 4.74 Å². The zero-order valence-electron chi connectivity index (χ0n) is 12.3. The van der Waals surface area contributed by atoms with Gasteiger partial charge in [0.25, 0.3) is 0 Å². The molecular formula is C14H26ClN3O. The predicted octanol–water partition coefficient (Wildman–Crippen LogP) is 3.03. The van der Waals surface area contributed by atoms with Crippen LogP contribution in [0.4, 0.5) is 0 Å². The third kappa shape index (κ3) is 5.13. The van der Waals surface area contributed by atoms with E-state index in [-0.39, 0.29) is 0 Å². The smallest absolute Gasteiger partial charge is 0.0863 e. The van der Waals surface area contributed by atoms with Crippen molar-refractivity contribution in [3.63, 3.8) is 0 Å². The summed E-state index contributed by atoms with van der Waals surface area (Å²) in [7, 11) is 1.75. The van der Waals surface area contributed by atoms with E-state index in [1.54, 1.807) is 7.11 Å². The molecule has 0 fully saturated rings. The van der Waals surface area contributed by atoms with Crippen molar-refractivity contribution in [2.24, 2.45) is 0 Å². The summed E-state index contributed by atoms with van der Waals surface area (Å²) in [5.74, 6) is 0. The van der Waals surface area contributed by atoms with E-state index in [4.69, 9.17) is 16.3 Å². The van der Waals surface area contributed by atoms with E-state index in [2.05, 4.69) is 24.3 Å². The molecule has 0 bridgehead atoms. The minimum atomic E-state index is 0.796. The average molecular weight is 288 g/mol. The Labute approximate surface area is 121 Å². The van der Waals surface area contributed by atoms with Gasteiger partial charge in [-0.15, -0.1) is 0 Å². The fraction of sp³-hybridized carbons (Fsp3) is 0.786. The van der Waals surface area contributed by atoms with Gasteiger partial charge in [0.2, 0.25) is 0 Å². The number of methoxy groups -OCH3 is 1. The molecule has 1 aromatic rings. The normalized spacial score (nSPS) is 11.2. The highest BCUT2D eigenvalue weighted by atomic mass is 35.5. The monoisotopic (exact) mass is 287 g/mol. The van der Waals surface area contributed by atoms with Crippen molar-refractivity contribution in [2.45, 2.75) is 52.6 Å². The fourth-order valence-corrected chi connectivity index (χ4v) is 2.40. The summed E-state index contributed by atoms with van der Waals surface area (Å²) in [6, 6.07) is 0. The molecule has 0 aliphatic heterocycles. The standard InChI is InChI=1S/C14H26ClN3O/c1-4-12-14(15)13(18(5-2)17-12)11-16-9-7-6-8-10-19-3/h16H,4-11H2,1-3H3. The van der Waals surface area contributed by atoms with E-state index in [0.29, 0.717) is 0 Å². The Kier molecular flexibility index (Phi) is 8.10. The number of hydrogen-bond donors (Lipinski definition) is 1. The second-order valence-electron chi connectivity index (χ2n) is 4.61. The highest BCUT2D eigenvalue weighted by Gasteiger charge is 2.13. The second kappa shape index (κ2) is 9.34. The molecule has 1 rings (SSSR count). The summed E-state index contributed by atoms with van der Waals surface area (Å²) >= 11 is 6.35. The third-order valence-corrected chi connectivity index (χ3v) is 3.62. The summed E-state index contributed by atoms with van der Waals surface area (Å²) in [5.41, 5.74) is 2.11. The molecule has 4 nitrogen and oxygen atoms in total. The van der Waals surface area contributed by atoms with Crippen LogP contribution in [0.15, 0.2) is 0 Å². The van der Waals surface area contributed by atoms with E-state index in [0.717, 1.165) is 55.5 Å². The van der Waals surface area contributed by atoms with Gasteiger partial charge in [0.05, 0.1) is 16.4 Å². The molecule has 19 heavy (non-hydrogen) atoms. The Hall–Kier alpha value is -0.580. The molecule has 1 heterocycles. The highest BCUT2D eigenvalue weighted by molar-refractivity contribution is 6.31. The lowest BCUT2D eigenvalue weighted by Crippen LogP contribution is -2.18.